The third-order valence-electron chi connectivity index (χ3n) is 4.98. The van der Waals surface area contributed by atoms with Gasteiger partial charge in [-0.1, -0.05) is 17.7 Å². The molecule has 0 aliphatic carbocycles. The van der Waals surface area contributed by atoms with Crippen LogP contribution < -0.4 is 4.90 Å². The van der Waals surface area contributed by atoms with Gasteiger partial charge in [0.15, 0.2) is 0 Å². The van der Waals surface area contributed by atoms with E-state index < -0.39 is 23.5 Å². The highest BCUT2D eigenvalue weighted by atomic mass is 35.5. The van der Waals surface area contributed by atoms with Crippen molar-refractivity contribution in [3.05, 3.63) is 100 Å². The molecule has 1 aliphatic heterocycles. The highest BCUT2D eigenvalue weighted by molar-refractivity contribution is 6.51. The van der Waals surface area contributed by atoms with Crippen LogP contribution in [-0.4, -0.2) is 21.8 Å². The van der Waals surface area contributed by atoms with Crippen LogP contribution in [0.2, 0.25) is 5.02 Å². The highest BCUT2D eigenvalue weighted by Gasteiger charge is 2.47. The minimum atomic E-state index is -0.898. The second-order valence-electron chi connectivity index (χ2n) is 6.90. The van der Waals surface area contributed by atoms with Gasteiger partial charge in [-0.25, -0.2) is 4.39 Å². The fourth-order valence-corrected chi connectivity index (χ4v) is 3.63. The van der Waals surface area contributed by atoms with Crippen molar-refractivity contribution in [2.24, 2.45) is 0 Å². The molecule has 0 radical (unpaired) electrons. The largest absolute Gasteiger partial charge is 0.507 e. The van der Waals surface area contributed by atoms with Crippen molar-refractivity contribution in [3.8, 4) is 0 Å². The maximum absolute atomic E-state index is 13.7. The van der Waals surface area contributed by atoms with Gasteiger partial charge >= 0.3 is 0 Å². The van der Waals surface area contributed by atoms with Crippen molar-refractivity contribution in [2.45, 2.75) is 13.0 Å². The standard InChI is InChI=1S/C23H16ClFN2O3/c1-13-11-14(4-9-18(13)25)21(28)19-20(15-3-2-10-26-12-15)27(23(30)22(19)29)17-7-5-16(24)6-8-17/h2-12,20,28H,1H3/b21-19-. The molecule has 1 unspecified atom stereocenters. The van der Waals surface area contributed by atoms with Gasteiger partial charge in [-0.05, 0) is 66.6 Å². The molecule has 2 aromatic carbocycles. The predicted molar refractivity (Wildman–Crippen MR) is 112 cm³/mol. The Hall–Kier alpha value is -3.51. The van der Waals surface area contributed by atoms with Crippen LogP contribution in [0.25, 0.3) is 5.76 Å². The van der Waals surface area contributed by atoms with Crippen molar-refractivity contribution >= 4 is 34.7 Å². The fourth-order valence-electron chi connectivity index (χ4n) is 3.50. The SMILES string of the molecule is Cc1cc(/C(O)=C2/C(=O)C(=O)N(c3ccc(Cl)cc3)C2c2cccnc2)ccc1F. The Morgan fingerprint density at radius 2 is 1.87 bits per heavy atom. The van der Waals surface area contributed by atoms with E-state index in [0.29, 0.717) is 21.8 Å². The van der Waals surface area contributed by atoms with Gasteiger partial charge in [-0.3, -0.25) is 19.5 Å². The maximum atomic E-state index is 13.7. The van der Waals surface area contributed by atoms with Gasteiger partial charge in [0.1, 0.15) is 11.6 Å². The predicted octanol–water partition coefficient (Wildman–Crippen LogP) is 4.81. The van der Waals surface area contributed by atoms with Gasteiger partial charge in [-0.2, -0.15) is 0 Å². The zero-order valence-corrected chi connectivity index (χ0v) is 16.6. The number of benzene rings is 2. The number of pyridine rings is 1. The molecule has 5 nitrogen and oxygen atoms in total. The third kappa shape index (κ3) is 3.35. The van der Waals surface area contributed by atoms with Gasteiger partial charge in [0.2, 0.25) is 0 Å². The Kier molecular flexibility index (Phi) is 5.10. The average Bonchev–Trinajstić information content (AvgIpc) is 3.02. The molecule has 1 atom stereocenters. The van der Waals surface area contributed by atoms with E-state index in [1.54, 1.807) is 49.5 Å². The molecule has 30 heavy (non-hydrogen) atoms. The lowest BCUT2D eigenvalue weighted by atomic mass is 9.95. The van der Waals surface area contributed by atoms with Gasteiger partial charge in [-0.15, -0.1) is 0 Å². The van der Waals surface area contributed by atoms with E-state index in [1.807, 2.05) is 0 Å². The number of amides is 1. The van der Waals surface area contributed by atoms with Crippen LogP contribution in [0.1, 0.15) is 22.7 Å². The van der Waals surface area contributed by atoms with Crippen LogP contribution in [0.4, 0.5) is 10.1 Å². The number of aryl methyl sites for hydroxylation is 1. The summed E-state index contributed by atoms with van der Waals surface area (Å²) < 4.78 is 13.7. The van der Waals surface area contributed by atoms with Crippen molar-refractivity contribution in [3.63, 3.8) is 0 Å². The smallest absolute Gasteiger partial charge is 0.300 e. The molecule has 3 aromatic rings. The van der Waals surface area contributed by atoms with Crippen LogP contribution >= 0.6 is 11.6 Å². The molecule has 1 aliphatic rings. The number of halogens is 2. The second-order valence-corrected chi connectivity index (χ2v) is 7.33. The van der Waals surface area contributed by atoms with Crippen molar-refractivity contribution in [1.82, 2.24) is 4.98 Å². The number of carbonyl (C=O) groups excluding carboxylic acids is 2. The number of aromatic nitrogens is 1. The number of anilines is 1. The monoisotopic (exact) mass is 422 g/mol. The first-order chi connectivity index (χ1) is 14.4. The summed E-state index contributed by atoms with van der Waals surface area (Å²) in [6.07, 6.45) is 3.10. The number of aliphatic hydroxyl groups excluding tert-OH is 1. The number of Topliss-reactive ketones (excluding diaryl/α,β-unsaturated/α-hetero) is 1. The van der Waals surface area contributed by atoms with Crippen LogP contribution in [0.15, 0.2) is 72.6 Å². The fraction of sp³-hybridized carbons (Fsp3) is 0.0870. The lowest BCUT2D eigenvalue weighted by Gasteiger charge is -2.25. The number of hydrogen-bond acceptors (Lipinski definition) is 4. The molecule has 1 N–H and O–H groups in total. The Morgan fingerprint density at radius 1 is 1.13 bits per heavy atom. The molecule has 0 bridgehead atoms. The maximum Gasteiger partial charge on any atom is 0.300 e. The summed E-state index contributed by atoms with van der Waals surface area (Å²) in [7, 11) is 0. The zero-order valence-electron chi connectivity index (χ0n) is 15.8. The quantitative estimate of drug-likeness (QED) is 0.373. The Balaban J connectivity index is 1.94. The Labute approximate surface area is 177 Å². The summed E-state index contributed by atoms with van der Waals surface area (Å²) in [5.74, 6) is -2.43. The number of hydrogen-bond donors (Lipinski definition) is 1. The first kappa shape index (κ1) is 19.8. The lowest BCUT2D eigenvalue weighted by molar-refractivity contribution is -0.132. The normalized spacial score (nSPS) is 18.1. The average molecular weight is 423 g/mol. The summed E-state index contributed by atoms with van der Waals surface area (Å²) in [5.41, 5.74) is 1.46. The second kappa shape index (κ2) is 7.72. The summed E-state index contributed by atoms with van der Waals surface area (Å²) in [6.45, 7) is 1.55. The van der Waals surface area contributed by atoms with Gasteiger partial charge in [0.25, 0.3) is 11.7 Å². The summed E-state index contributed by atoms with van der Waals surface area (Å²) in [4.78, 5) is 31.3. The van der Waals surface area contributed by atoms with Gasteiger partial charge < -0.3 is 5.11 Å². The number of nitrogens with zero attached hydrogens (tertiary/aromatic N) is 2. The summed E-state index contributed by atoms with van der Waals surface area (Å²) >= 11 is 5.96. The van der Waals surface area contributed by atoms with Crippen LogP contribution in [0, 0.1) is 12.7 Å². The minimum absolute atomic E-state index is 0.0889. The minimum Gasteiger partial charge on any atom is -0.507 e. The molecule has 4 rings (SSSR count). The topological polar surface area (TPSA) is 70.5 Å². The molecule has 1 saturated heterocycles. The van der Waals surface area contributed by atoms with Crippen LogP contribution in [0.5, 0.6) is 0 Å². The van der Waals surface area contributed by atoms with Gasteiger partial charge in [0.05, 0.1) is 11.6 Å². The zero-order chi connectivity index (χ0) is 21.4. The molecule has 0 saturated carbocycles. The summed E-state index contributed by atoms with van der Waals surface area (Å²) in [6, 6.07) is 13.0. The molecule has 1 fully saturated rings. The van der Waals surface area contributed by atoms with E-state index in [2.05, 4.69) is 4.98 Å². The highest BCUT2D eigenvalue weighted by Crippen LogP contribution is 2.42. The van der Waals surface area contributed by atoms with E-state index in [1.165, 1.54) is 29.3 Å². The van der Waals surface area contributed by atoms with E-state index >= 15 is 0 Å². The van der Waals surface area contributed by atoms with E-state index in [4.69, 9.17) is 11.6 Å². The van der Waals surface area contributed by atoms with Crippen LogP contribution in [-0.2, 0) is 9.59 Å². The Bertz CT molecular complexity index is 1180. The molecular formula is C23H16ClFN2O3. The number of rotatable bonds is 3. The summed E-state index contributed by atoms with van der Waals surface area (Å²) in [5, 5.41) is 11.5. The molecular weight excluding hydrogens is 407 g/mol. The first-order valence-electron chi connectivity index (χ1n) is 9.11. The molecule has 1 amide bonds. The van der Waals surface area contributed by atoms with E-state index in [0.717, 1.165) is 0 Å². The molecule has 1 aromatic heterocycles. The number of aliphatic hydroxyl groups is 1. The molecule has 7 heteroatoms. The van der Waals surface area contributed by atoms with Crippen LogP contribution in [0.3, 0.4) is 0 Å². The Morgan fingerprint density at radius 3 is 2.50 bits per heavy atom. The first-order valence-corrected chi connectivity index (χ1v) is 9.49. The number of carbonyl (C=O) groups is 2. The van der Waals surface area contributed by atoms with Crippen molar-refractivity contribution in [1.29, 1.82) is 0 Å². The van der Waals surface area contributed by atoms with Crippen molar-refractivity contribution in [2.75, 3.05) is 4.90 Å². The van der Waals surface area contributed by atoms with E-state index in [9.17, 15) is 19.1 Å². The molecule has 0 spiro atoms. The van der Waals surface area contributed by atoms with Crippen molar-refractivity contribution < 1.29 is 19.1 Å². The lowest BCUT2D eigenvalue weighted by Crippen LogP contribution is -2.29. The third-order valence-corrected chi connectivity index (χ3v) is 5.23. The molecule has 150 valence electrons. The van der Waals surface area contributed by atoms with Gasteiger partial charge in [0, 0.05) is 28.7 Å². The van der Waals surface area contributed by atoms with E-state index in [-0.39, 0.29) is 16.9 Å². The number of ketones is 1. The molecule has 2 heterocycles.